The monoisotopic (exact) mass is 354 g/mol. The van der Waals surface area contributed by atoms with Crippen LogP contribution in [-0.2, 0) is 17.2 Å². The first-order valence-corrected chi connectivity index (χ1v) is 5.53. The molecule has 0 radical (unpaired) electrons. The number of rotatable bonds is 4. The summed E-state index contributed by atoms with van der Waals surface area (Å²) in [5, 5.41) is 8.16. The van der Waals surface area contributed by atoms with E-state index >= 15 is 0 Å². The van der Waals surface area contributed by atoms with Crippen molar-refractivity contribution in [3.05, 3.63) is 35.9 Å². The Morgan fingerprint density at radius 3 is 2.06 bits per heavy atom. The van der Waals surface area contributed by atoms with Crippen molar-refractivity contribution < 1.29 is 14.7 Å². The van der Waals surface area contributed by atoms with Gasteiger partial charge in [0.15, 0.2) is 6.04 Å². The number of hydrogen-bond acceptors (Lipinski definition) is 5. The zero-order valence-electron chi connectivity index (χ0n) is 9.31. The van der Waals surface area contributed by atoms with Gasteiger partial charge in [0.25, 0.3) is 0 Å². The summed E-state index contributed by atoms with van der Waals surface area (Å²) < 4.78 is 3.11. The molecule has 1 rings (SSSR count). The topological polar surface area (TPSA) is 92.8 Å². The number of nitrogens with two attached hydrogens (primary N) is 1. The molecule has 0 aliphatic carbocycles. The van der Waals surface area contributed by atoms with Crippen LogP contribution in [0.5, 0.6) is 0 Å². The average Bonchev–Trinajstić information content (AvgIpc) is 2.32. The molecule has 1 atom stereocenters. The third-order valence-electron chi connectivity index (χ3n) is 1.64. The van der Waals surface area contributed by atoms with Crippen molar-refractivity contribution in [2.24, 2.45) is 10.1 Å². The number of carboxylic acid groups (broad SMARTS) is 1. The molecule has 0 saturated carbocycles. The zero-order chi connectivity index (χ0) is 13.3. The van der Waals surface area contributed by atoms with E-state index < -0.39 is 12.0 Å². The molecule has 5 nitrogen and oxygen atoms in total. The maximum atomic E-state index is 10.4. The van der Waals surface area contributed by atoms with Crippen LogP contribution in [-0.4, -0.2) is 45.8 Å². The Morgan fingerprint density at radius 2 is 1.89 bits per heavy atom. The molecule has 3 N–H and O–H groups in total. The molecule has 0 bridgehead atoms. The summed E-state index contributed by atoms with van der Waals surface area (Å²) in [5.74, 6) is -1.23. The Hall–Kier alpha value is -0.951. The third-order valence-corrected chi connectivity index (χ3v) is 2.24. The first-order chi connectivity index (χ1) is 8.02. The van der Waals surface area contributed by atoms with Gasteiger partial charge in [-0.25, -0.2) is 9.16 Å². The van der Waals surface area contributed by atoms with Crippen LogP contribution in [0.2, 0.25) is 0 Å². The van der Waals surface area contributed by atoms with Gasteiger partial charge in [-0.15, -0.1) is 0 Å². The Bertz CT molecular complexity index is 390. The van der Waals surface area contributed by atoms with E-state index in [9.17, 15) is 9.59 Å². The van der Waals surface area contributed by atoms with E-state index in [2.05, 4.69) is 29.4 Å². The Balaban J connectivity index is 0. The molecule has 1 aromatic rings. The number of benzene rings is 1. The van der Waals surface area contributed by atoms with E-state index in [1.54, 1.807) is 24.3 Å². The number of hydrogen-bond donors (Lipinski definition) is 3. The number of thiol groups is 1. The van der Waals surface area contributed by atoms with Crippen LogP contribution in [0.15, 0.2) is 34.7 Å². The van der Waals surface area contributed by atoms with E-state index in [-0.39, 0.29) is 28.7 Å². The molecule has 0 saturated heterocycles. The fourth-order valence-electron chi connectivity index (χ4n) is 0.759. The molecule has 0 spiro atoms. The van der Waals surface area contributed by atoms with Gasteiger partial charge in [-0.05, 0) is 12.1 Å². The molecule has 0 aromatic heterocycles. The second-order valence-corrected chi connectivity index (χ2v) is 3.45. The summed E-state index contributed by atoms with van der Waals surface area (Å²) in [5.41, 5.74) is 5.53. The molecule has 1 amide bonds. The molecule has 1 unspecified atom stereocenters. The number of nitrogens with zero attached hydrogens (tertiary/aromatic N) is 1. The van der Waals surface area contributed by atoms with E-state index in [0.29, 0.717) is 5.56 Å². The number of carbonyl (C=O) groups excluding carboxylic acids is 1. The molecule has 18 heavy (non-hydrogen) atoms. The van der Waals surface area contributed by atoms with Crippen molar-refractivity contribution in [1.29, 1.82) is 0 Å². The quantitative estimate of drug-likeness (QED) is 0.524. The summed E-state index contributed by atoms with van der Waals surface area (Å²) in [4.78, 5) is 20.4. The molecule has 0 aliphatic rings. The Labute approximate surface area is 126 Å². The van der Waals surface area contributed by atoms with Crippen molar-refractivity contribution in [1.82, 2.24) is 0 Å². The van der Waals surface area contributed by atoms with Crippen LogP contribution >= 0.6 is 12.6 Å². The minimum atomic E-state index is -1.02. The second-order valence-electron chi connectivity index (χ2n) is 2.87. The summed E-state index contributed by atoms with van der Waals surface area (Å²) in [6.07, 6.45) is 0. The van der Waals surface area contributed by atoms with E-state index in [1.807, 2.05) is 6.07 Å². The average molecular weight is 353 g/mol. The summed E-state index contributed by atoms with van der Waals surface area (Å²) in [6, 6.07) is 7.94. The Morgan fingerprint density at radius 1 is 1.39 bits per heavy atom. The molecule has 100 valence electrons. The predicted octanol–water partition coefficient (Wildman–Crippen LogP) is -0.0308. The van der Waals surface area contributed by atoms with Crippen molar-refractivity contribution in [3.8, 4) is 0 Å². The summed E-state index contributed by atoms with van der Waals surface area (Å²) in [7, 11) is 0. The van der Waals surface area contributed by atoms with Gasteiger partial charge in [-0.1, -0.05) is 18.2 Å². The van der Waals surface area contributed by atoms with Gasteiger partial charge < -0.3 is 10.8 Å². The molecule has 1 aromatic carbocycles. The summed E-state index contributed by atoms with van der Waals surface area (Å²) in [6.45, 7) is 0. The van der Waals surface area contributed by atoms with Gasteiger partial charge in [0.1, 0.15) is 0 Å². The Kier molecular flexibility index (Phi) is 12.0. The second kappa shape index (κ2) is 11.2. The van der Waals surface area contributed by atoms with E-state index in [0.717, 1.165) is 0 Å². The van der Waals surface area contributed by atoms with Gasteiger partial charge in [-0.3, -0.25) is 4.79 Å². The third kappa shape index (κ3) is 8.19. The SMILES string of the molecule is NC(=O)c1ccccc1.O=C(O)C(CS)N=S.[SeH2]. The van der Waals surface area contributed by atoms with Crippen LogP contribution in [0.1, 0.15) is 10.4 Å². The van der Waals surface area contributed by atoms with Gasteiger partial charge in [0, 0.05) is 23.7 Å². The molecular weight excluding hydrogens is 339 g/mol. The van der Waals surface area contributed by atoms with Crippen LogP contribution in [0.3, 0.4) is 0 Å². The zero-order valence-corrected chi connectivity index (χ0v) is 13.1. The molecule has 0 aliphatic heterocycles. The predicted molar refractivity (Wildman–Crippen MR) is 78.6 cm³/mol. The van der Waals surface area contributed by atoms with Crippen molar-refractivity contribution in [2.45, 2.75) is 6.04 Å². The number of aliphatic carboxylic acids is 1. The normalized spacial score (nSPS) is 10.1. The number of primary amides is 1. The summed E-state index contributed by atoms with van der Waals surface area (Å²) >= 11 is 7.84. The van der Waals surface area contributed by atoms with Gasteiger partial charge in [0.2, 0.25) is 5.91 Å². The van der Waals surface area contributed by atoms with Gasteiger partial charge >= 0.3 is 23.0 Å². The fourth-order valence-corrected chi connectivity index (χ4v) is 1.27. The van der Waals surface area contributed by atoms with Gasteiger partial charge in [0.05, 0.1) is 0 Å². The van der Waals surface area contributed by atoms with Crippen molar-refractivity contribution in [3.63, 3.8) is 0 Å². The maximum absolute atomic E-state index is 10.4. The van der Waals surface area contributed by atoms with Crippen LogP contribution < -0.4 is 5.73 Å². The van der Waals surface area contributed by atoms with Crippen molar-refractivity contribution in [2.75, 3.05) is 5.75 Å². The van der Waals surface area contributed by atoms with E-state index in [4.69, 9.17) is 10.8 Å². The van der Waals surface area contributed by atoms with Gasteiger partial charge in [-0.2, -0.15) is 12.6 Å². The van der Waals surface area contributed by atoms with E-state index in [1.165, 1.54) is 0 Å². The van der Waals surface area contributed by atoms with Crippen LogP contribution in [0.25, 0.3) is 0 Å². The first-order valence-electron chi connectivity index (χ1n) is 4.54. The number of carbonyl (C=O) groups is 2. The van der Waals surface area contributed by atoms with Crippen LogP contribution in [0, 0.1) is 0 Å². The minimum absolute atomic E-state index is 0. The first kappa shape index (κ1) is 19.4. The molecular formula is C10H14N2O3S2Se. The number of amides is 1. The number of carboxylic acids is 1. The molecule has 0 fully saturated rings. The van der Waals surface area contributed by atoms with Crippen molar-refractivity contribution >= 4 is 54.0 Å². The molecule has 0 heterocycles. The standard InChI is InChI=1S/C7H7NO.C3H5NO2S2.H2Se/c8-7(9)6-4-2-1-3-5-6;5-3(6)2(1-7)4-8;/h1-5H,(H2,8,9);2,7H,1H2,(H,5,6);1H2. The van der Waals surface area contributed by atoms with Crippen LogP contribution in [0.4, 0.5) is 0 Å². The molecule has 8 heteroatoms. The fraction of sp³-hybridized carbons (Fsp3) is 0.200.